The minimum Gasteiger partial charge on any atom is -0.480 e. The summed E-state index contributed by atoms with van der Waals surface area (Å²) in [5.41, 5.74) is 2.39. The highest BCUT2D eigenvalue weighted by atomic mass is 16.4. The number of hydrogen-bond donors (Lipinski definition) is 1. The van der Waals surface area contributed by atoms with Gasteiger partial charge in [0.25, 0.3) is 0 Å². The standard InChI is InChI=1S/C16H24N2O2/c1-4-14(16(19)20)18-10-6-9-15(18)12-7-5-8-13(11-12)17(2)3/h5,7-8,11,14-15H,4,6,9-10H2,1-3H3,(H,19,20)/t14-,15-/m1/s1. The number of carboxylic acid groups (broad SMARTS) is 1. The van der Waals surface area contributed by atoms with Crippen LogP contribution in [-0.4, -0.2) is 42.7 Å². The van der Waals surface area contributed by atoms with Gasteiger partial charge in [-0.3, -0.25) is 9.69 Å². The summed E-state index contributed by atoms with van der Waals surface area (Å²) < 4.78 is 0. The molecule has 4 nitrogen and oxygen atoms in total. The van der Waals surface area contributed by atoms with Crippen LogP contribution in [0, 0.1) is 0 Å². The van der Waals surface area contributed by atoms with E-state index in [0.717, 1.165) is 25.1 Å². The fourth-order valence-corrected chi connectivity index (χ4v) is 3.08. The van der Waals surface area contributed by atoms with E-state index in [2.05, 4.69) is 34.1 Å². The normalized spacial score (nSPS) is 20.9. The van der Waals surface area contributed by atoms with Crippen molar-refractivity contribution in [3.63, 3.8) is 0 Å². The molecule has 1 N–H and O–H groups in total. The number of hydrogen-bond acceptors (Lipinski definition) is 3. The van der Waals surface area contributed by atoms with Crippen molar-refractivity contribution >= 4 is 11.7 Å². The van der Waals surface area contributed by atoms with Gasteiger partial charge in [0.15, 0.2) is 0 Å². The number of aliphatic carboxylic acids is 1. The average Bonchev–Trinajstić information content (AvgIpc) is 2.88. The number of anilines is 1. The Labute approximate surface area is 121 Å². The number of benzene rings is 1. The molecule has 0 radical (unpaired) electrons. The molecule has 20 heavy (non-hydrogen) atoms. The van der Waals surface area contributed by atoms with Gasteiger partial charge in [-0.2, -0.15) is 0 Å². The first-order valence-corrected chi connectivity index (χ1v) is 7.30. The Kier molecular flexibility index (Phi) is 4.65. The zero-order valence-corrected chi connectivity index (χ0v) is 12.5. The Hall–Kier alpha value is -1.55. The summed E-state index contributed by atoms with van der Waals surface area (Å²) in [5.74, 6) is -0.705. The molecule has 0 aromatic heterocycles. The number of nitrogens with zero attached hydrogens (tertiary/aromatic N) is 2. The summed E-state index contributed by atoms with van der Waals surface area (Å²) in [6.45, 7) is 2.83. The lowest BCUT2D eigenvalue weighted by Crippen LogP contribution is -2.40. The second kappa shape index (κ2) is 6.27. The molecular formula is C16H24N2O2. The summed E-state index contributed by atoms with van der Waals surface area (Å²) in [7, 11) is 4.05. The predicted molar refractivity (Wildman–Crippen MR) is 81.2 cm³/mol. The molecule has 0 unspecified atom stereocenters. The molecule has 1 aliphatic heterocycles. The predicted octanol–water partition coefficient (Wildman–Crippen LogP) is 2.75. The van der Waals surface area contributed by atoms with Crippen LogP contribution in [0.1, 0.15) is 37.8 Å². The van der Waals surface area contributed by atoms with Gasteiger partial charge >= 0.3 is 5.97 Å². The van der Waals surface area contributed by atoms with Crippen molar-refractivity contribution in [2.24, 2.45) is 0 Å². The highest BCUT2D eigenvalue weighted by molar-refractivity contribution is 5.73. The van der Waals surface area contributed by atoms with Crippen molar-refractivity contribution in [1.29, 1.82) is 0 Å². The topological polar surface area (TPSA) is 43.8 Å². The molecular weight excluding hydrogens is 252 g/mol. The highest BCUT2D eigenvalue weighted by Crippen LogP contribution is 2.35. The molecule has 2 rings (SSSR count). The van der Waals surface area contributed by atoms with E-state index in [-0.39, 0.29) is 12.1 Å². The van der Waals surface area contributed by atoms with Gasteiger partial charge in [-0.15, -0.1) is 0 Å². The van der Waals surface area contributed by atoms with Crippen LogP contribution in [0.2, 0.25) is 0 Å². The van der Waals surface area contributed by atoms with E-state index in [1.165, 1.54) is 5.56 Å². The van der Waals surface area contributed by atoms with E-state index in [4.69, 9.17) is 0 Å². The molecule has 1 aromatic rings. The molecule has 2 atom stereocenters. The Morgan fingerprint density at radius 1 is 1.50 bits per heavy atom. The fraction of sp³-hybridized carbons (Fsp3) is 0.562. The van der Waals surface area contributed by atoms with E-state index in [9.17, 15) is 9.90 Å². The summed E-state index contributed by atoms with van der Waals surface area (Å²) in [6.07, 6.45) is 2.76. The van der Waals surface area contributed by atoms with Crippen LogP contribution in [0.5, 0.6) is 0 Å². The van der Waals surface area contributed by atoms with Crippen molar-refractivity contribution in [3.8, 4) is 0 Å². The van der Waals surface area contributed by atoms with Gasteiger partial charge in [0.1, 0.15) is 6.04 Å². The van der Waals surface area contributed by atoms with Crippen molar-refractivity contribution in [2.45, 2.75) is 38.3 Å². The molecule has 110 valence electrons. The fourth-order valence-electron chi connectivity index (χ4n) is 3.08. The summed E-state index contributed by atoms with van der Waals surface area (Å²) >= 11 is 0. The minimum absolute atomic E-state index is 0.232. The SMILES string of the molecule is CC[C@H](C(=O)O)N1CCC[C@@H]1c1cccc(N(C)C)c1. The Balaban J connectivity index is 2.26. The second-order valence-corrected chi connectivity index (χ2v) is 5.65. The molecule has 0 saturated carbocycles. The highest BCUT2D eigenvalue weighted by Gasteiger charge is 2.34. The molecule has 1 fully saturated rings. The number of rotatable bonds is 5. The first-order valence-electron chi connectivity index (χ1n) is 7.30. The van der Waals surface area contributed by atoms with Crippen molar-refractivity contribution in [3.05, 3.63) is 29.8 Å². The Bertz CT molecular complexity index is 473. The maximum Gasteiger partial charge on any atom is 0.320 e. The second-order valence-electron chi connectivity index (χ2n) is 5.65. The zero-order valence-electron chi connectivity index (χ0n) is 12.5. The van der Waals surface area contributed by atoms with Crippen LogP contribution in [-0.2, 0) is 4.79 Å². The third-order valence-corrected chi connectivity index (χ3v) is 4.14. The van der Waals surface area contributed by atoms with Gasteiger partial charge < -0.3 is 10.0 Å². The lowest BCUT2D eigenvalue weighted by Gasteiger charge is -2.30. The van der Waals surface area contributed by atoms with Crippen LogP contribution in [0.3, 0.4) is 0 Å². The lowest BCUT2D eigenvalue weighted by atomic mass is 10.0. The van der Waals surface area contributed by atoms with E-state index in [1.54, 1.807) is 0 Å². The lowest BCUT2D eigenvalue weighted by molar-refractivity contribution is -0.143. The quantitative estimate of drug-likeness (QED) is 0.898. The third kappa shape index (κ3) is 2.96. The van der Waals surface area contributed by atoms with Gasteiger partial charge in [-0.05, 0) is 43.5 Å². The molecule has 0 amide bonds. The number of likely N-dealkylation sites (tertiary alicyclic amines) is 1. The summed E-state index contributed by atoms with van der Waals surface area (Å²) in [4.78, 5) is 15.7. The van der Waals surface area contributed by atoms with Crippen LogP contribution in [0.25, 0.3) is 0 Å². The number of carboxylic acids is 1. The molecule has 0 spiro atoms. The van der Waals surface area contributed by atoms with Crippen LogP contribution in [0.15, 0.2) is 24.3 Å². The van der Waals surface area contributed by atoms with Crippen LogP contribution >= 0.6 is 0 Å². The Morgan fingerprint density at radius 2 is 2.25 bits per heavy atom. The Morgan fingerprint density at radius 3 is 2.85 bits per heavy atom. The molecule has 1 aliphatic rings. The first kappa shape index (κ1) is 14.9. The van der Waals surface area contributed by atoms with E-state index in [1.807, 2.05) is 21.0 Å². The monoisotopic (exact) mass is 276 g/mol. The summed E-state index contributed by atoms with van der Waals surface area (Å²) in [6, 6.07) is 8.30. The van der Waals surface area contributed by atoms with E-state index < -0.39 is 5.97 Å². The zero-order chi connectivity index (χ0) is 14.7. The van der Waals surface area contributed by atoms with E-state index in [0.29, 0.717) is 6.42 Å². The maximum absolute atomic E-state index is 11.4. The molecule has 4 heteroatoms. The van der Waals surface area contributed by atoms with Crippen molar-refractivity contribution in [1.82, 2.24) is 4.90 Å². The van der Waals surface area contributed by atoms with Gasteiger partial charge in [-0.25, -0.2) is 0 Å². The molecule has 1 heterocycles. The van der Waals surface area contributed by atoms with Crippen LogP contribution in [0.4, 0.5) is 5.69 Å². The number of carbonyl (C=O) groups is 1. The van der Waals surface area contributed by atoms with Gasteiger partial charge in [0.2, 0.25) is 0 Å². The average molecular weight is 276 g/mol. The largest absolute Gasteiger partial charge is 0.480 e. The van der Waals surface area contributed by atoms with Gasteiger partial charge in [-0.1, -0.05) is 19.1 Å². The van der Waals surface area contributed by atoms with Gasteiger partial charge in [0, 0.05) is 25.8 Å². The molecule has 0 bridgehead atoms. The van der Waals surface area contributed by atoms with Crippen LogP contribution < -0.4 is 4.90 Å². The van der Waals surface area contributed by atoms with Gasteiger partial charge in [0.05, 0.1) is 0 Å². The molecule has 1 aromatic carbocycles. The van der Waals surface area contributed by atoms with E-state index >= 15 is 0 Å². The molecule has 0 aliphatic carbocycles. The third-order valence-electron chi connectivity index (χ3n) is 4.14. The van der Waals surface area contributed by atoms with Crippen molar-refractivity contribution < 1.29 is 9.90 Å². The smallest absolute Gasteiger partial charge is 0.320 e. The molecule has 1 saturated heterocycles. The first-order chi connectivity index (χ1) is 9.54. The summed E-state index contributed by atoms with van der Waals surface area (Å²) in [5, 5.41) is 9.39. The minimum atomic E-state index is -0.705. The van der Waals surface area contributed by atoms with Crippen molar-refractivity contribution in [2.75, 3.05) is 25.5 Å². The maximum atomic E-state index is 11.4.